The van der Waals surface area contributed by atoms with Crippen LogP contribution < -0.4 is 5.32 Å². The third kappa shape index (κ3) is 3.34. The van der Waals surface area contributed by atoms with Gasteiger partial charge >= 0.3 is 0 Å². The van der Waals surface area contributed by atoms with Gasteiger partial charge in [-0.1, -0.05) is 27.7 Å². The first-order valence-corrected chi connectivity index (χ1v) is 6.23. The molecule has 1 N–H and O–H groups in total. The molecule has 0 amide bonds. The molecule has 16 heavy (non-hydrogen) atoms. The number of aromatic nitrogens is 2. The molecule has 3 heteroatoms. The van der Waals surface area contributed by atoms with Crippen LogP contribution in [-0.2, 0) is 12.0 Å². The van der Waals surface area contributed by atoms with Gasteiger partial charge in [-0.05, 0) is 26.0 Å². The molecule has 0 aliphatic carbocycles. The van der Waals surface area contributed by atoms with Gasteiger partial charge in [0.25, 0.3) is 0 Å². The fourth-order valence-electron chi connectivity index (χ4n) is 1.96. The van der Waals surface area contributed by atoms with Crippen LogP contribution in [0.25, 0.3) is 0 Å². The SMILES string of the molecule is CCn1nccc1C(C)(C)CCNC(C)C. The number of hydrogen-bond donors (Lipinski definition) is 1. The molecule has 0 radical (unpaired) electrons. The highest BCUT2D eigenvalue weighted by Crippen LogP contribution is 2.26. The van der Waals surface area contributed by atoms with Gasteiger partial charge in [0.2, 0.25) is 0 Å². The monoisotopic (exact) mass is 223 g/mol. The van der Waals surface area contributed by atoms with Gasteiger partial charge in [0, 0.05) is 29.9 Å². The first-order valence-electron chi connectivity index (χ1n) is 6.23. The maximum atomic E-state index is 4.34. The van der Waals surface area contributed by atoms with Crippen molar-refractivity contribution >= 4 is 0 Å². The van der Waals surface area contributed by atoms with E-state index in [0.717, 1.165) is 19.5 Å². The van der Waals surface area contributed by atoms with Crippen LogP contribution in [0, 0.1) is 0 Å². The molecule has 0 bridgehead atoms. The van der Waals surface area contributed by atoms with Crippen molar-refractivity contribution in [3.8, 4) is 0 Å². The van der Waals surface area contributed by atoms with E-state index < -0.39 is 0 Å². The zero-order valence-electron chi connectivity index (χ0n) is 11.2. The van der Waals surface area contributed by atoms with Crippen molar-refractivity contribution in [2.24, 2.45) is 0 Å². The summed E-state index contributed by atoms with van der Waals surface area (Å²) in [6.07, 6.45) is 3.04. The molecule has 0 atom stereocenters. The average molecular weight is 223 g/mol. The van der Waals surface area contributed by atoms with Crippen molar-refractivity contribution < 1.29 is 0 Å². The second-order valence-electron chi connectivity index (χ2n) is 5.27. The number of hydrogen-bond acceptors (Lipinski definition) is 2. The van der Waals surface area contributed by atoms with Crippen LogP contribution >= 0.6 is 0 Å². The summed E-state index contributed by atoms with van der Waals surface area (Å²) in [5, 5.41) is 7.81. The van der Waals surface area contributed by atoms with E-state index in [1.807, 2.05) is 6.20 Å². The first-order chi connectivity index (χ1) is 7.47. The Hall–Kier alpha value is -0.830. The molecule has 0 aliphatic rings. The van der Waals surface area contributed by atoms with Crippen LogP contribution in [0.15, 0.2) is 12.3 Å². The van der Waals surface area contributed by atoms with Gasteiger partial charge in [-0.25, -0.2) is 0 Å². The van der Waals surface area contributed by atoms with Crippen LogP contribution in [0.2, 0.25) is 0 Å². The fraction of sp³-hybridized carbons (Fsp3) is 0.769. The molecule has 92 valence electrons. The Kier molecular flexibility index (Phi) is 4.54. The zero-order chi connectivity index (χ0) is 12.2. The minimum atomic E-state index is 0.189. The van der Waals surface area contributed by atoms with Crippen LogP contribution in [0.1, 0.15) is 46.7 Å². The Morgan fingerprint density at radius 2 is 2.12 bits per heavy atom. The summed E-state index contributed by atoms with van der Waals surface area (Å²) in [6.45, 7) is 13.1. The lowest BCUT2D eigenvalue weighted by Crippen LogP contribution is -2.31. The van der Waals surface area contributed by atoms with E-state index >= 15 is 0 Å². The molecule has 0 aliphatic heterocycles. The lowest BCUT2D eigenvalue weighted by molar-refractivity contribution is 0.407. The minimum Gasteiger partial charge on any atom is -0.314 e. The molecular formula is C13H25N3. The Labute approximate surface area is 99.2 Å². The maximum Gasteiger partial charge on any atom is 0.0492 e. The van der Waals surface area contributed by atoms with Gasteiger partial charge in [-0.2, -0.15) is 5.10 Å². The topological polar surface area (TPSA) is 29.9 Å². The van der Waals surface area contributed by atoms with Gasteiger partial charge in [-0.15, -0.1) is 0 Å². The summed E-state index contributed by atoms with van der Waals surface area (Å²) in [5.74, 6) is 0. The lowest BCUT2D eigenvalue weighted by atomic mass is 9.85. The summed E-state index contributed by atoms with van der Waals surface area (Å²) >= 11 is 0. The molecule has 0 fully saturated rings. The first kappa shape index (κ1) is 13.2. The summed E-state index contributed by atoms with van der Waals surface area (Å²) in [7, 11) is 0. The van der Waals surface area contributed by atoms with Crippen molar-refractivity contribution in [3.05, 3.63) is 18.0 Å². The second-order valence-corrected chi connectivity index (χ2v) is 5.27. The average Bonchev–Trinajstić information content (AvgIpc) is 2.64. The summed E-state index contributed by atoms with van der Waals surface area (Å²) in [4.78, 5) is 0. The van der Waals surface area contributed by atoms with Gasteiger partial charge in [0.1, 0.15) is 0 Å². The molecule has 1 aromatic rings. The van der Waals surface area contributed by atoms with Gasteiger partial charge in [0.05, 0.1) is 0 Å². The number of nitrogens with one attached hydrogen (secondary N) is 1. The third-order valence-electron chi connectivity index (χ3n) is 3.01. The predicted octanol–water partition coefficient (Wildman–Crippen LogP) is 2.57. The second kappa shape index (κ2) is 5.48. The van der Waals surface area contributed by atoms with E-state index in [9.17, 15) is 0 Å². The number of aryl methyl sites for hydroxylation is 1. The number of nitrogens with zero attached hydrogens (tertiary/aromatic N) is 2. The van der Waals surface area contributed by atoms with Gasteiger partial charge < -0.3 is 5.32 Å². The van der Waals surface area contributed by atoms with E-state index in [0.29, 0.717) is 6.04 Å². The minimum absolute atomic E-state index is 0.189. The van der Waals surface area contributed by atoms with Crippen molar-refractivity contribution in [2.45, 2.75) is 59.0 Å². The van der Waals surface area contributed by atoms with E-state index in [4.69, 9.17) is 0 Å². The van der Waals surface area contributed by atoms with Crippen LogP contribution in [-0.4, -0.2) is 22.4 Å². The standard InChI is InChI=1S/C13H25N3/c1-6-16-12(7-9-15-16)13(4,5)8-10-14-11(2)3/h7,9,11,14H,6,8,10H2,1-5H3. The quantitative estimate of drug-likeness (QED) is 0.803. The highest BCUT2D eigenvalue weighted by Gasteiger charge is 2.23. The summed E-state index contributed by atoms with van der Waals surface area (Å²) < 4.78 is 2.09. The molecule has 0 saturated carbocycles. The predicted molar refractivity (Wildman–Crippen MR) is 68.7 cm³/mol. The zero-order valence-corrected chi connectivity index (χ0v) is 11.2. The Morgan fingerprint density at radius 1 is 1.44 bits per heavy atom. The van der Waals surface area contributed by atoms with Crippen LogP contribution in [0.5, 0.6) is 0 Å². The smallest absolute Gasteiger partial charge is 0.0492 e. The highest BCUT2D eigenvalue weighted by atomic mass is 15.3. The largest absolute Gasteiger partial charge is 0.314 e. The van der Waals surface area contributed by atoms with Crippen molar-refractivity contribution in [2.75, 3.05) is 6.54 Å². The third-order valence-corrected chi connectivity index (χ3v) is 3.01. The van der Waals surface area contributed by atoms with Crippen LogP contribution in [0.4, 0.5) is 0 Å². The van der Waals surface area contributed by atoms with E-state index in [2.05, 4.69) is 55.8 Å². The molecule has 0 unspecified atom stereocenters. The normalized spacial score (nSPS) is 12.4. The van der Waals surface area contributed by atoms with Crippen molar-refractivity contribution in [1.82, 2.24) is 15.1 Å². The van der Waals surface area contributed by atoms with Gasteiger partial charge in [0.15, 0.2) is 0 Å². The Morgan fingerprint density at radius 3 is 2.69 bits per heavy atom. The van der Waals surface area contributed by atoms with Crippen LogP contribution in [0.3, 0.4) is 0 Å². The maximum absolute atomic E-state index is 4.34. The summed E-state index contributed by atoms with van der Waals surface area (Å²) in [6, 6.07) is 2.70. The molecule has 1 aromatic heterocycles. The summed E-state index contributed by atoms with van der Waals surface area (Å²) in [5.41, 5.74) is 1.52. The molecular weight excluding hydrogens is 198 g/mol. The number of rotatable bonds is 6. The Balaban J connectivity index is 2.62. The molecule has 1 heterocycles. The molecule has 0 spiro atoms. The molecule has 1 rings (SSSR count). The highest BCUT2D eigenvalue weighted by molar-refractivity contribution is 5.13. The van der Waals surface area contributed by atoms with Crippen molar-refractivity contribution in [1.29, 1.82) is 0 Å². The van der Waals surface area contributed by atoms with E-state index in [-0.39, 0.29) is 5.41 Å². The van der Waals surface area contributed by atoms with Gasteiger partial charge in [-0.3, -0.25) is 4.68 Å². The van der Waals surface area contributed by atoms with E-state index in [1.165, 1.54) is 5.69 Å². The van der Waals surface area contributed by atoms with E-state index in [1.54, 1.807) is 0 Å². The van der Waals surface area contributed by atoms with Crippen molar-refractivity contribution in [3.63, 3.8) is 0 Å². The molecule has 0 aromatic carbocycles. The molecule has 0 saturated heterocycles. The fourth-order valence-corrected chi connectivity index (χ4v) is 1.96. The lowest BCUT2D eigenvalue weighted by Gasteiger charge is -2.26. The Bertz CT molecular complexity index is 313. The molecule has 3 nitrogen and oxygen atoms in total.